The Bertz CT molecular complexity index is 1180. The molecule has 0 unspecified atom stereocenters. The first-order valence-corrected chi connectivity index (χ1v) is 12.4. The molecule has 0 heterocycles. The number of benzene rings is 3. The second-order valence-electron chi connectivity index (χ2n) is 7.85. The molecule has 0 bridgehead atoms. The largest absolute Gasteiger partial charge is 0.497 e. The summed E-state index contributed by atoms with van der Waals surface area (Å²) in [5, 5.41) is 2.92. The Morgan fingerprint density at radius 2 is 1.56 bits per heavy atom. The predicted molar refractivity (Wildman–Crippen MR) is 133 cm³/mol. The molecule has 0 aliphatic carbocycles. The highest BCUT2D eigenvalue weighted by atomic mass is 32.2. The van der Waals surface area contributed by atoms with Crippen molar-refractivity contribution >= 4 is 21.6 Å². The number of ether oxygens (including phenoxy) is 2. The SMILES string of the molecule is COc1ccc(S(=O)(=O)N(CC(=O)N[C@H](C)CCc2ccccc2)c2ccccc2OC)cc1. The molecule has 1 amide bonds. The Morgan fingerprint density at radius 3 is 2.21 bits per heavy atom. The predicted octanol–water partition coefficient (Wildman–Crippen LogP) is 4.04. The molecular weight excluding hydrogens is 452 g/mol. The summed E-state index contributed by atoms with van der Waals surface area (Å²) in [4.78, 5) is 13.0. The van der Waals surface area contributed by atoms with Gasteiger partial charge in [-0.25, -0.2) is 8.42 Å². The fraction of sp³-hybridized carbons (Fsp3) is 0.269. The third kappa shape index (κ3) is 6.29. The van der Waals surface area contributed by atoms with Crippen LogP contribution < -0.4 is 19.1 Å². The summed E-state index contributed by atoms with van der Waals surface area (Å²) in [7, 11) is -1.09. The number of nitrogens with one attached hydrogen (secondary N) is 1. The Kier molecular flexibility index (Phi) is 8.54. The smallest absolute Gasteiger partial charge is 0.264 e. The Labute approximate surface area is 201 Å². The van der Waals surface area contributed by atoms with E-state index in [0.29, 0.717) is 11.5 Å². The molecule has 0 spiro atoms. The Morgan fingerprint density at radius 1 is 0.912 bits per heavy atom. The molecule has 3 aromatic rings. The maximum atomic E-state index is 13.6. The molecule has 1 N–H and O–H groups in total. The number of carbonyl (C=O) groups excluding carboxylic acids is 1. The summed E-state index contributed by atoms with van der Waals surface area (Å²) in [6.07, 6.45) is 1.54. The van der Waals surface area contributed by atoms with Gasteiger partial charge in [0.05, 0.1) is 24.8 Å². The number of rotatable bonds is 11. The van der Waals surface area contributed by atoms with E-state index in [0.717, 1.165) is 17.1 Å². The van der Waals surface area contributed by atoms with Crippen LogP contribution in [0.2, 0.25) is 0 Å². The summed E-state index contributed by atoms with van der Waals surface area (Å²) in [5.74, 6) is 0.487. The van der Waals surface area contributed by atoms with E-state index in [1.54, 1.807) is 36.4 Å². The zero-order valence-corrected chi connectivity index (χ0v) is 20.4. The summed E-state index contributed by atoms with van der Waals surface area (Å²) in [5.41, 5.74) is 1.47. The molecule has 8 heteroatoms. The van der Waals surface area contributed by atoms with Crippen molar-refractivity contribution in [3.63, 3.8) is 0 Å². The standard InChI is InChI=1S/C26H30N2O5S/c1-20(13-14-21-9-5-4-6-10-21)27-26(29)19-28(24-11-7-8-12-25(24)33-3)34(30,31)23-17-15-22(32-2)16-18-23/h4-12,15-18,20H,13-14,19H2,1-3H3,(H,27,29)/t20-/m1/s1. The van der Waals surface area contributed by atoms with Crippen LogP contribution in [0.5, 0.6) is 11.5 Å². The Hall–Kier alpha value is -3.52. The van der Waals surface area contributed by atoms with Crippen molar-refractivity contribution < 1.29 is 22.7 Å². The van der Waals surface area contributed by atoms with Crippen molar-refractivity contribution in [2.24, 2.45) is 0 Å². The highest BCUT2D eigenvalue weighted by Gasteiger charge is 2.29. The maximum absolute atomic E-state index is 13.6. The van der Waals surface area contributed by atoms with Gasteiger partial charge in [0.25, 0.3) is 10.0 Å². The van der Waals surface area contributed by atoms with Gasteiger partial charge in [-0.15, -0.1) is 0 Å². The van der Waals surface area contributed by atoms with Gasteiger partial charge in [-0.05, 0) is 61.7 Å². The minimum absolute atomic E-state index is 0.0455. The molecule has 0 aliphatic heterocycles. The number of aryl methyl sites for hydroxylation is 1. The third-order valence-corrected chi connectivity index (χ3v) is 7.18. The number of hydrogen-bond acceptors (Lipinski definition) is 5. The lowest BCUT2D eigenvalue weighted by Crippen LogP contribution is -2.43. The summed E-state index contributed by atoms with van der Waals surface area (Å²) in [6, 6.07) is 22.6. The molecule has 0 saturated carbocycles. The number of hydrogen-bond donors (Lipinski definition) is 1. The minimum Gasteiger partial charge on any atom is -0.497 e. The monoisotopic (exact) mass is 482 g/mol. The van der Waals surface area contributed by atoms with Crippen LogP contribution >= 0.6 is 0 Å². The number of amides is 1. The van der Waals surface area contributed by atoms with Crippen molar-refractivity contribution in [3.05, 3.63) is 84.4 Å². The lowest BCUT2D eigenvalue weighted by atomic mass is 10.1. The van der Waals surface area contributed by atoms with E-state index in [1.165, 1.54) is 31.9 Å². The van der Waals surface area contributed by atoms with Crippen LogP contribution in [0, 0.1) is 0 Å². The molecule has 3 aromatic carbocycles. The van der Waals surface area contributed by atoms with Gasteiger partial charge in [0, 0.05) is 6.04 Å². The highest BCUT2D eigenvalue weighted by Crippen LogP contribution is 2.32. The van der Waals surface area contributed by atoms with Gasteiger partial charge < -0.3 is 14.8 Å². The zero-order chi connectivity index (χ0) is 24.6. The van der Waals surface area contributed by atoms with Crippen LogP contribution in [0.4, 0.5) is 5.69 Å². The first kappa shape index (κ1) is 25.1. The van der Waals surface area contributed by atoms with Crippen LogP contribution in [0.25, 0.3) is 0 Å². The average molecular weight is 483 g/mol. The lowest BCUT2D eigenvalue weighted by Gasteiger charge is -2.26. The van der Waals surface area contributed by atoms with Gasteiger partial charge >= 0.3 is 0 Å². The van der Waals surface area contributed by atoms with Gasteiger partial charge in [0.15, 0.2) is 0 Å². The van der Waals surface area contributed by atoms with E-state index in [-0.39, 0.29) is 23.2 Å². The number of carbonyl (C=O) groups is 1. The highest BCUT2D eigenvalue weighted by molar-refractivity contribution is 7.92. The second kappa shape index (κ2) is 11.6. The lowest BCUT2D eigenvalue weighted by molar-refractivity contribution is -0.120. The first-order valence-electron chi connectivity index (χ1n) is 11.0. The fourth-order valence-electron chi connectivity index (χ4n) is 3.56. The van der Waals surface area contributed by atoms with E-state index in [4.69, 9.17) is 9.47 Å². The molecule has 0 fully saturated rings. The third-order valence-electron chi connectivity index (χ3n) is 5.40. The topological polar surface area (TPSA) is 84.9 Å². The van der Waals surface area contributed by atoms with E-state index < -0.39 is 15.9 Å². The van der Waals surface area contributed by atoms with Crippen LogP contribution in [-0.2, 0) is 21.2 Å². The van der Waals surface area contributed by atoms with E-state index in [1.807, 2.05) is 37.3 Å². The molecular formula is C26H30N2O5S. The van der Waals surface area contributed by atoms with Crippen molar-refractivity contribution in [3.8, 4) is 11.5 Å². The van der Waals surface area contributed by atoms with Crippen molar-refractivity contribution in [1.29, 1.82) is 0 Å². The summed E-state index contributed by atoms with van der Waals surface area (Å²) >= 11 is 0. The molecule has 0 saturated heterocycles. The van der Waals surface area contributed by atoms with Gasteiger partial charge in [0.2, 0.25) is 5.91 Å². The Balaban J connectivity index is 1.81. The van der Waals surface area contributed by atoms with E-state index >= 15 is 0 Å². The molecule has 34 heavy (non-hydrogen) atoms. The number of para-hydroxylation sites is 2. The number of nitrogens with zero attached hydrogens (tertiary/aromatic N) is 1. The maximum Gasteiger partial charge on any atom is 0.264 e. The molecule has 180 valence electrons. The van der Waals surface area contributed by atoms with Crippen LogP contribution in [0.1, 0.15) is 18.9 Å². The van der Waals surface area contributed by atoms with Crippen LogP contribution in [-0.4, -0.2) is 41.1 Å². The van der Waals surface area contributed by atoms with Gasteiger partial charge in [-0.3, -0.25) is 9.10 Å². The molecule has 0 aromatic heterocycles. The minimum atomic E-state index is -4.06. The molecule has 7 nitrogen and oxygen atoms in total. The van der Waals surface area contributed by atoms with Gasteiger partial charge in [0.1, 0.15) is 18.0 Å². The fourth-order valence-corrected chi connectivity index (χ4v) is 4.99. The number of anilines is 1. The summed E-state index contributed by atoms with van der Waals surface area (Å²) < 4.78 is 38.8. The number of sulfonamides is 1. The number of methoxy groups -OCH3 is 2. The quantitative estimate of drug-likeness (QED) is 0.446. The van der Waals surface area contributed by atoms with E-state index in [2.05, 4.69) is 5.32 Å². The van der Waals surface area contributed by atoms with Crippen molar-refractivity contribution in [2.75, 3.05) is 25.1 Å². The van der Waals surface area contributed by atoms with Crippen molar-refractivity contribution in [1.82, 2.24) is 5.32 Å². The normalized spacial score (nSPS) is 12.0. The zero-order valence-electron chi connectivity index (χ0n) is 19.6. The van der Waals surface area contributed by atoms with Crippen LogP contribution in [0.3, 0.4) is 0 Å². The molecule has 1 atom stereocenters. The first-order chi connectivity index (χ1) is 16.3. The van der Waals surface area contributed by atoms with Crippen molar-refractivity contribution in [2.45, 2.75) is 30.7 Å². The molecule has 0 aliphatic rings. The van der Waals surface area contributed by atoms with Crippen LogP contribution in [0.15, 0.2) is 83.8 Å². The average Bonchev–Trinajstić information content (AvgIpc) is 2.86. The molecule has 0 radical (unpaired) electrons. The van der Waals surface area contributed by atoms with E-state index in [9.17, 15) is 13.2 Å². The summed E-state index contributed by atoms with van der Waals surface area (Å²) in [6.45, 7) is 1.52. The second-order valence-corrected chi connectivity index (χ2v) is 9.71. The van der Waals surface area contributed by atoms with Gasteiger partial charge in [-0.1, -0.05) is 42.5 Å². The van der Waals surface area contributed by atoms with Gasteiger partial charge in [-0.2, -0.15) is 0 Å². The molecule has 3 rings (SSSR count).